The standard InChI is InChI=1S/C12H17NO2/c1-13-11-4-3-7-15-12-6-5-9(14-2)8-10(11)12/h5-6,8,11,13H,3-4,7H2,1-2H3. The summed E-state index contributed by atoms with van der Waals surface area (Å²) in [6.45, 7) is 0.803. The van der Waals surface area contributed by atoms with Crippen LogP contribution in [0.25, 0.3) is 0 Å². The second kappa shape index (κ2) is 4.53. The number of methoxy groups -OCH3 is 1. The maximum absolute atomic E-state index is 5.68. The summed E-state index contributed by atoms with van der Waals surface area (Å²) in [5.74, 6) is 1.87. The summed E-state index contributed by atoms with van der Waals surface area (Å²) in [7, 11) is 3.67. The highest BCUT2D eigenvalue weighted by Crippen LogP contribution is 2.33. The van der Waals surface area contributed by atoms with E-state index in [0.717, 1.165) is 30.9 Å². The highest BCUT2D eigenvalue weighted by molar-refractivity contribution is 5.42. The van der Waals surface area contributed by atoms with Gasteiger partial charge in [-0.05, 0) is 38.1 Å². The van der Waals surface area contributed by atoms with Crippen LogP contribution in [0.4, 0.5) is 0 Å². The normalized spacial score (nSPS) is 20.0. The predicted octanol–water partition coefficient (Wildman–Crippen LogP) is 2.13. The van der Waals surface area contributed by atoms with Crippen LogP contribution in [0.1, 0.15) is 24.4 Å². The summed E-state index contributed by atoms with van der Waals surface area (Å²) in [4.78, 5) is 0. The van der Waals surface area contributed by atoms with Gasteiger partial charge in [-0.25, -0.2) is 0 Å². The molecule has 1 aliphatic rings. The number of rotatable bonds is 2. The first-order chi connectivity index (χ1) is 7.35. The minimum absolute atomic E-state index is 0.373. The van der Waals surface area contributed by atoms with Crippen LogP contribution in [0.3, 0.4) is 0 Å². The third kappa shape index (κ3) is 2.07. The molecule has 1 N–H and O–H groups in total. The number of benzene rings is 1. The van der Waals surface area contributed by atoms with E-state index in [1.807, 2.05) is 19.2 Å². The molecule has 1 aromatic rings. The van der Waals surface area contributed by atoms with Gasteiger partial charge in [0.25, 0.3) is 0 Å². The lowest BCUT2D eigenvalue weighted by atomic mass is 10.0. The number of fused-ring (bicyclic) bond motifs is 1. The first-order valence-corrected chi connectivity index (χ1v) is 5.33. The van der Waals surface area contributed by atoms with Gasteiger partial charge in [-0.1, -0.05) is 0 Å². The lowest BCUT2D eigenvalue weighted by molar-refractivity contribution is 0.315. The summed E-state index contributed by atoms with van der Waals surface area (Å²) >= 11 is 0. The topological polar surface area (TPSA) is 30.5 Å². The molecule has 0 spiro atoms. The van der Waals surface area contributed by atoms with Gasteiger partial charge in [0, 0.05) is 11.6 Å². The highest BCUT2D eigenvalue weighted by Gasteiger charge is 2.18. The van der Waals surface area contributed by atoms with Crippen molar-refractivity contribution in [2.75, 3.05) is 20.8 Å². The monoisotopic (exact) mass is 207 g/mol. The van der Waals surface area contributed by atoms with E-state index in [1.165, 1.54) is 5.56 Å². The van der Waals surface area contributed by atoms with Gasteiger partial charge in [0.1, 0.15) is 11.5 Å². The molecule has 0 aliphatic carbocycles. The molecule has 0 saturated carbocycles. The molecule has 3 heteroatoms. The number of hydrogen-bond donors (Lipinski definition) is 1. The Labute approximate surface area is 90.4 Å². The van der Waals surface area contributed by atoms with Crippen LogP contribution in [-0.2, 0) is 0 Å². The van der Waals surface area contributed by atoms with Crippen molar-refractivity contribution in [1.29, 1.82) is 0 Å². The highest BCUT2D eigenvalue weighted by atomic mass is 16.5. The van der Waals surface area contributed by atoms with E-state index in [4.69, 9.17) is 9.47 Å². The Bertz CT molecular complexity index is 338. The fraction of sp³-hybridized carbons (Fsp3) is 0.500. The quantitative estimate of drug-likeness (QED) is 0.805. The van der Waals surface area contributed by atoms with Gasteiger partial charge in [0.2, 0.25) is 0 Å². The second-order valence-corrected chi connectivity index (χ2v) is 3.74. The largest absolute Gasteiger partial charge is 0.497 e. The summed E-state index contributed by atoms with van der Waals surface area (Å²) in [6, 6.07) is 6.36. The van der Waals surface area contributed by atoms with Gasteiger partial charge >= 0.3 is 0 Å². The van der Waals surface area contributed by atoms with Crippen molar-refractivity contribution >= 4 is 0 Å². The lowest BCUT2D eigenvalue weighted by Crippen LogP contribution is -2.15. The van der Waals surface area contributed by atoms with Crippen LogP contribution < -0.4 is 14.8 Å². The van der Waals surface area contributed by atoms with Crippen LogP contribution in [0.5, 0.6) is 11.5 Å². The molecule has 1 heterocycles. The fourth-order valence-electron chi connectivity index (χ4n) is 1.98. The zero-order valence-corrected chi connectivity index (χ0v) is 9.25. The molecule has 0 saturated heterocycles. The van der Waals surface area contributed by atoms with Crippen molar-refractivity contribution in [3.05, 3.63) is 23.8 Å². The van der Waals surface area contributed by atoms with Crippen molar-refractivity contribution in [2.24, 2.45) is 0 Å². The number of ether oxygens (including phenoxy) is 2. The minimum atomic E-state index is 0.373. The molecule has 82 valence electrons. The zero-order chi connectivity index (χ0) is 10.7. The van der Waals surface area contributed by atoms with Crippen LogP contribution in [0, 0.1) is 0 Å². The molecular weight excluding hydrogens is 190 g/mol. The Morgan fingerprint density at radius 3 is 3.07 bits per heavy atom. The van der Waals surface area contributed by atoms with Crippen molar-refractivity contribution in [2.45, 2.75) is 18.9 Å². The van der Waals surface area contributed by atoms with Gasteiger partial charge < -0.3 is 14.8 Å². The molecule has 2 rings (SSSR count). The number of hydrogen-bond acceptors (Lipinski definition) is 3. The van der Waals surface area contributed by atoms with Crippen LogP contribution in [0.2, 0.25) is 0 Å². The molecule has 15 heavy (non-hydrogen) atoms. The van der Waals surface area contributed by atoms with E-state index < -0.39 is 0 Å². The molecule has 1 aliphatic heterocycles. The molecule has 0 bridgehead atoms. The Morgan fingerprint density at radius 1 is 1.47 bits per heavy atom. The number of nitrogens with one attached hydrogen (secondary N) is 1. The van der Waals surface area contributed by atoms with E-state index in [9.17, 15) is 0 Å². The van der Waals surface area contributed by atoms with Crippen molar-refractivity contribution in [3.8, 4) is 11.5 Å². The molecule has 1 aromatic carbocycles. The molecule has 0 fully saturated rings. The zero-order valence-electron chi connectivity index (χ0n) is 9.25. The SMILES string of the molecule is CNC1CCCOc2ccc(OC)cc21. The molecule has 1 unspecified atom stereocenters. The van der Waals surface area contributed by atoms with E-state index in [1.54, 1.807) is 7.11 Å². The molecule has 0 aromatic heterocycles. The Hall–Kier alpha value is -1.22. The fourth-order valence-corrected chi connectivity index (χ4v) is 1.98. The average Bonchev–Trinajstić information content (AvgIpc) is 2.49. The Balaban J connectivity index is 2.38. The summed E-state index contributed by atoms with van der Waals surface area (Å²) in [6.07, 6.45) is 2.19. The summed E-state index contributed by atoms with van der Waals surface area (Å²) < 4.78 is 10.9. The second-order valence-electron chi connectivity index (χ2n) is 3.74. The maximum atomic E-state index is 5.68. The lowest BCUT2D eigenvalue weighted by Gasteiger charge is -2.16. The third-order valence-electron chi connectivity index (χ3n) is 2.84. The Morgan fingerprint density at radius 2 is 2.33 bits per heavy atom. The van der Waals surface area contributed by atoms with Gasteiger partial charge in [0.05, 0.1) is 13.7 Å². The smallest absolute Gasteiger partial charge is 0.124 e. The van der Waals surface area contributed by atoms with E-state index in [0.29, 0.717) is 6.04 Å². The van der Waals surface area contributed by atoms with Gasteiger partial charge in [-0.3, -0.25) is 0 Å². The minimum Gasteiger partial charge on any atom is -0.497 e. The van der Waals surface area contributed by atoms with Gasteiger partial charge in [-0.2, -0.15) is 0 Å². The Kier molecular flexibility index (Phi) is 3.11. The summed E-state index contributed by atoms with van der Waals surface area (Å²) in [5.41, 5.74) is 1.20. The molecule has 3 nitrogen and oxygen atoms in total. The van der Waals surface area contributed by atoms with Gasteiger partial charge in [-0.15, -0.1) is 0 Å². The summed E-state index contributed by atoms with van der Waals surface area (Å²) in [5, 5.41) is 3.32. The van der Waals surface area contributed by atoms with E-state index in [-0.39, 0.29) is 0 Å². The first kappa shape index (κ1) is 10.3. The molecule has 1 atom stereocenters. The predicted molar refractivity (Wildman–Crippen MR) is 59.5 cm³/mol. The van der Waals surface area contributed by atoms with Crippen LogP contribution in [0.15, 0.2) is 18.2 Å². The van der Waals surface area contributed by atoms with E-state index in [2.05, 4.69) is 11.4 Å². The molecule has 0 radical (unpaired) electrons. The average molecular weight is 207 g/mol. The van der Waals surface area contributed by atoms with Crippen molar-refractivity contribution in [1.82, 2.24) is 5.32 Å². The van der Waals surface area contributed by atoms with Crippen molar-refractivity contribution < 1.29 is 9.47 Å². The van der Waals surface area contributed by atoms with Crippen LogP contribution >= 0.6 is 0 Å². The van der Waals surface area contributed by atoms with Crippen molar-refractivity contribution in [3.63, 3.8) is 0 Å². The van der Waals surface area contributed by atoms with Gasteiger partial charge in [0.15, 0.2) is 0 Å². The van der Waals surface area contributed by atoms with E-state index >= 15 is 0 Å². The molecule has 0 amide bonds. The maximum Gasteiger partial charge on any atom is 0.124 e. The van der Waals surface area contributed by atoms with Crippen LogP contribution in [-0.4, -0.2) is 20.8 Å². The third-order valence-corrected chi connectivity index (χ3v) is 2.84. The first-order valence-electron chi connectivity index (χ1n) is 5.33. The molecular formula is C12H17NO2.